The second-order valence-electron chi connectivity index (χ2n) is 8.57. The molecule has 2 N–H and O–H groups in total. The van der Waals surface area contributed by atoms with Gasteiger partial charge in [0.25, 0.3) is 0 Å². The zero-order valence-electron chi connectivity index (χ0n) is 20.2. The van der Waals surface area contributed by atoms with Crippen LogP contribution in [0, 0.1) is 6.92 Å². The summed E-state index contributed by atoms with van der Waals surface area (Å²) in [5.74, 6) is 2.60. The van der Waals surface area contributed by atoms with E-state index in [4.69, 9.17) is 4.99 Å². The number of aromatic nitrogens is 3. The maximum absolute atomic E-state index is 4.73. The van der Waals surface area contributed by atoms with Crippen LogP contribution in [0.5, 0.6) is 0 Å². The predicted molar refractivity (Wildman–Crippen MR) is 149 cm³/mol. The van der Waals surface area contributed by atoms with Crippen molar-refractivity contribution in [2.45, 2.75) is 52.7 Å². The lowest BCUT2D eigenvalue weighted by Gasteiger charge is -2.26. The minimum atomic E-state index is 0. The summed E-state index contributed by atoms with van der Waals surface area (Å²) < 4.78 is 1.97. The van der Waals surface area contributed by atoms with E-state index in [0.29, 0.717) is 6.54 Å². The first-order chi connectivity index (χ1) is 16.2. The smallest absolute Gasteiger partial charge is 0.191 e. The number of pyridine rings is 1. The maximum atomic E-state index is 4.73. The monoisotopic (exact) mass is 573 g/mol. The standard InChI is InChI=1S/C26H35N7.HI/c1-3-27-26(31-19-24-11-12-25(29-18-24)33-16-13-28-21(33)2)30-17-22-7-9-23(10-8-22)20-32-14-5-4-6-15-32;/h7-13,16,18H,3-6,14-15,17,19-20H2,1-2H3,(H2,27,30,31);1H. The van der Waals surface area contributed by atoms with E-state index in [2.05, 4.69) is 62.8 Å². The zero-order valence-corrected chi connectivity index (χ0v) is 22.5. The molecule has 34 heavy (non-hydrogen) atoms. The Morgan fingerprint density at radius 1 is 0.941 bits per heavy atom. The fourth-order valence-corrected chi connectivity index (χ4v) is 4.11. The summed E-state index contributed by atoms with van der Waals surface area (Å²) in [5.41, 5.74) is 3.71. The molecule has 0 spiro atoms. The number of hydrogen-bond acceptors (Lipinski definition) is 4. The Morgan fingerprint density at radius 3 is 2.32 bits per heavy atom. The largest absolute Gasteiger partial charge is 0.357 e. The Labute approximate surface area is 220 Å². The van der Waals surface area contributed by atoms with Gasteiger partial charge in [-0.25, -0.2) is 15.0 Å². The Morgan fingerprint density at radius 2 is 1.68 bits per heavy atom. The third-order valence-corrected chi connectivity index (χ3v) is 5.98. The molecule has 1 aliphatic heterocycles. The molecule has 3 aromatic rings. The highest BCUT2D eigenvalue weighted by Crippen LogP contribution is 2.14. The summed E-state index contributed by atoms with van der Waals surface area (Å²) >= 11 is 0. The van der Waals surface area contributed by atoms with Gasteiger partial charge in [-0.15, -0.1) is 24.0 Å². The van der Waals surface area contributed by atoms with Crippen LogP contribution in [0.1, 0.15) is 48.7 Å². The number of piperidine rings is 1. The molecule has 0 amide bonds. The number of likely N-dealkylation sites (tertiary alicyclic amines) is 1. The molecular formula is C26H36IN7. The number of aliphatic imine (C=N–C) groups is 1. The van der Waals surface area contributed by atoms with Gasteiger partial charge >= 0.3 is 0 Å². The van der Waals surface area contributed by atoms with Crippen LogP contribution >= 0.6 is 24.0 Å². The van der Waals surface area contributed by atoms with Gasteiger partial charge in [0.15, 0.2) is 5.96 Å². The van der Waals surface area contributed by atoms with E-state index in [1.807, 2.05) is 30.0 Å². The number of hydrogen-bond donors (Lipinski definition) is 2. The van der Waals surface area contributed by atoms with Crippen molar-refractivity contribution < 1.29 is 0 Å². The third kappa shape index (κ3) is 7.53. The molecule has 0 unspecified atom stereocenters. The van der Waals surface area contributed by atoms with Crippen molar-refractivity contribution in [2.24, 2.45) is 4.99 Å². The van der Waals surface area contributed by atoms with Gasteiger partial charge in [0.2, 0.25) is 0 Å². The Hall–Kier alpha value is -2.46. The molecule has 0 bridgehead atoms. The number of nitrogens with one attached hydrogen (secondary N) is 2. The van der Waals surface area contributed by atoms with Crippen molar-refractivity contribution in [3.8, 4) is 5.82 Å². The van der Waals surface area contributed by atoms with E-state index in [-0.39, 0.29) is 24.0 Å². The molecule has 0 radical (unpaired) electrons. The Kier molecular flexibility index (Phi) is 10.3. The number of benzene rings is 1. The SMILES string of the molecule is CCNC(=NCc1ccc(-n2ccnc2C)nc1)NCc1ccc(CN2CCCCC2)cc1.I. The van der Waals surface area contributed by atoms with Crippen LogP contribution in [-0.2, 0) is 19.6 Å². The highest BCUT2D eigenvalue weighted by Gasteiger charge is 2.10. The molecule has 2 aromatic heterocycles. The lowest BCUT2D eigenvalue weighted by Crippen LogP contribution is -2.36. The highest BCUT2D eigenvalue weighted by atomic mass is 127. The molecule has 8 heteroatoms. The van der Waals surface area contributed by atoms with Crippen LogP contribution in [0.4, 0.5) is 0 Å². The van der Waals surface area contributed by atoms with Crippen molar-refractivity contribution in [1.29, 1.82) is 0 Å². The normalized spacial score (nSPS) is 14.5. The van der Waals surface area contributed by atoms with Crippen LogP contribution in [0.25, 0.3) is 5.82 Å². The van der Waals surface area contributed by atoms with E-state index >= 15 is 0 Å². The fourth-order valence-electron chi connectivity index (χ4n) is 4.11. The Bertz CT molecular complexity index is 1020. The van der Waals surface area contributed by atoms with Crippen molar-refractivity contribution in [3.05, 3.63) is 77.5 Å². The van der Waals surface area contributed by atoms with Crippen LogP contribution < -0.4 is 10.6 Å². The van der Waals surface area contributed by atoms with Crippen molar-refractivity contribution in [3.63, 3.8) is 0 Å². The minimum absolute atomic E-state index is 0. The van der Waals surface area contributed by atoms with Crippen LogP contribution in [-0.4, -0.2) is 45.0 Å². The lowest BCUT2D eigenvalue weighted by molar-refractivity contribution is 0.221. The van der Waals surface area contributed by atoms with Gasteiger partial charge in [-0.2, -0.15) is 0 Å². The van der Waals surface area contributed by atoms with Gasteiger partial charge in [-0.05, 0) is 62.5 Å². The Balaban J connectivity index is 0.00000324. The third-order valence-electron chi connectivity index (χ3n) is 5.98. The molecule has 0 atom stereocenters. The summed E-state index contributed by atoms with van der Waals surface area (Å²) in [6.07, 6.45) is 9.62. The van der Waals surface area contributed by atoms with Crippen LogP contribution in [0.2, 0.25) is 0 Å². The molecule has 0 saturated carbocycles. The molecule has 0 aliphatic carbocycles. The summed E-state index contributed by atoms with van der Waals surface area (Å²) in [6.45, 7) is 9.70. The second-order valence-corrected chi connectivity index (χ2v) is 8.57. The summed E-state index contributed by atoms with van der Waals surface area (Å²) in [7, 11) is 0. The van der Waals surface area contributed by atoms with E-state index in [1.165, 1.54) is 43.5 Å². The lowest BCUT2D eigenvalue weighted by atomic mass is 10.1. The van der Waals surface area contributed by atoms with E-state index < -0.39 is 0 Å². The number of imidazole rings is 1. The first kappa shape index (κ1) is 26.2. The van der Waals surface area contributed by atoms with Crippen molar-refractivity contribution in [2.75, 3.05) is 19.6 Å². The van der Waals surface area contributed by atoms with Gasteiger partial charge in [0.1, 0.15) is 11.6 Å². The first-order valence-electron chi connectivity index (χ1n) is 12.0. The molecule has 3 heterocycles. The molecule has 1 saturated heterocycles. The predicted octanol–water partition coefficient (Wildman–Crippen LogP) is 4.43. The molecule has 4 rings (SSSR count). The number of nitrogens with zero attached hydrogens (tertiary/aromatic N) is 5. The molecule has 182 valence electrons. The van der Waals surface area contributed by atoms with Gasteiger partial charge in [0.05, 0.1) is 6.54 Å². The molecule has 1 aliphatic rings. The van der Waals surface area contributed by atoms with Gasteiger partial charge < -0.3 is 10.6 Å². The van der Waals surface area contributed by atoms with Crippen molar-refractivity contribution in [1.82, 2.24) is 30.1 Å². The average Bonchev–Trinajstić information content (AvgIpc) is 3.28. The molecular weight excluding hydrogens is 537 g/mol. The number of aryl methyl sites for hydroxylation is 1. The van der Waals surface area contributed by atoms with Gasteiger partial charge in [0, 0.05) is 38.2 Å². The molecule has 1 fully saturated rings. The minimum Gasteiger partial charge on any atom is -0.357 e. The van der Waals surface area contributed by atoms with Gasteiger partial charge in [-0.3, -0.25) is 9.47 Å². The van der Waals surface area contributed by atoms with E-state index in [9.17, 15) is 0 Å². The fraction of sp³-hybridized carbons (Fsp3) is 0.423. The van der Waals surface area contributed by atoms with E-state index in [1.54, 1.807) is 6.20 Å². The summed E-state index contributed by atoms with van der Waals surface area (Å²) in [6, 6.07) is 13.0. The maximum Gasteiger partial charge on any atom is 0.191 e. The van der Waals surface area contributed by atoms with Crippen LogP contribution in [0.3, 0.4) is 0 Å². The number of rotatable bonds is 8. The van der Waals surface area contributed by atoms with Crippen molar-refractivity contribution >= 4 is 29.9 Å². The molecule has 7 nitrogen and oxygen atoms in total. The number of halogens is 1. The highest BCUT2D eigenvalue weighted by molar-refractivity contribution is 14.0. The van der Waals surface area contributed by atoms with Gasteiger partial charge in [-0.1, -0.05) is 36.8 Å². The zero-order chi connectivity index (χ0) is 22.9. The number of guanidine groups is 1. The van der Waals surface area contributed by atoms with Crippen LogP contribution in [0.15, 0.2) is 60.0 Å². The first-order valence-corrected chi connectivity index (χ1v) is 12.0. The molecule has 1 aromatic carbocycles. The summed E-state index contributed by atoms with van der Waals surface area (Å²) in [4.78, 5) is 16.1. The van der Waals surface area contributed by atoms with E-state index in [0.717, 1.165) is 42.8 Å². The second kappa shape index (κ2) is 13.4. The quantitative estimate of drug-likeness (QED) is 0.237. The topological polar surface area (TPSA) is 70.4 Å². The summed E-state index contributed by atoms with van der Waals surface area (Å²) in [5, 5.41) is 6.77. The average molecular weight is 574 g/mol.